The Morgan fingerprint density at radius 2 is 1.95 bits per heavy atom. The van der Waals surface area contributed by atoms with Crippen molar-refractivity contribution < 1.29 is 4.74 Å². The molecule has 0 radical (unpaired) electrons. The molecular formula is C18H17NOS. The van der Waals surface area contributed by atoms with Crippen LogP contribution in [0.1, 0.15) is 23.6 Å². The summed E-state index contributed by atoms with van der Waals surface area (Å²) < 4.78 is 7.09. The monoisotopic (exact) mass is 295 g/mol. The van der Waals surface area contributed by atoms with Crippen molar-refractivity contribution >= 4 is 21.4 Å². The van der Waals surface area contributed by atoms with Crippen molar-refractivity contribution in [2.45, 2.75) is 19.0 Å². The van der Waals surface area contributed by atoms with E-state index in [0.717, 1.165) is 25.3 Å². The molecule has 0 saturated carbocycles. The Bertz CT molecular complexity index is 765. The third-order valence-corrected chi connectivity index (χ3v) is 5.07. The standard InChI is InChI=1S/C18H17NOS/c1-3-7-17-15(6-1)16(9-10-20-17)19-11-13-12-21-18-8-4-2-5-14(13)18/h1-8,12,16,19H,9-11H2. The molecule has 1 aliphatic rings. The lowest BCUT2D eigenvalue weighted by Crippen LogP contribution is -2.26. The minimum atomic E-state index is 0.383. The van der Waals surface area contributed by atoms with Gasteiger partial charge in [0.25, 0.3) is 0 Å². The predicted octanol–water partition coefficient (Wildman–Crippen LogP) is 4.51. The molecule has 0 bridgehead atoms. The number of thiophene rings is 1. The summed E-state index contributed by atoms with van der Waals surface area (Å²) >= 11 is 1.82. The lowest BCUT2D eigenvalue weighted by atomic mass is 10.0. The van der Waals surface area contributed by atoms with E-state index in [1.807, 2.05) is 17.4 Å². The first-order valence-corrected chi connectivity index (χ1v) is 8.20. The molecule has 0 fully saturated rings. The highest BCUT2D eigenvalue weighted by molar-refractivity contribution is 7.17. The highest BCUT2D eigenvalue weighted by Gasteiger charge is 2.20. The van der Waals surface area contributed by atoms with Crippen molar-refractivity contribution in [2.75, 3.05) is 6.61 Å². The van der Waals surface area contributed by atoms with Gasteiger partial charge < -0.3 is 10.1 Å². The largest absolute Gasteiger partial charge is 0.493 e. The molecule has 0 spiro atoms. The van der Waals surface area contributed by atoms with E-state index < -0.39 is 0 Å². The van der Waals surface area contributed by atoms with Gasteiger partial charge in [0.15, 0.2) is 0 Å². The van der Waals surface area contributed by atoms with E-state index in [2.05, 4.69) is 53.2 Å². The molecule has 3 aromatic rings. The van der Waals surface area contributed by atoms with Crippen LogP contribution >= 0.6 is 11.3 Å². The summed E-state index contributed by atoms with van der Waals surface area (Å²) in [6, 6.07) is 17.3. The number of benzene rings is 2. The van der Waals surface area contributed by atoms with E-state index in [-0.39, 0.29) is 0 Å². The second kappa shape index (κ2) is 5.51. The van der Waals surface area contributed by atoms with Crippen molar-refractivity contribution in [3.05, 3.63) is 65.0 Å². The lowest BCUT2D eigenvalue weighted by molar-refractivity contribution is 0.252. The predicted molar refractivity (Wildman–Crippen MR) is 88.0 cm³/mol. The molecule has 2 nitrogen and oxygen atoms in total. The van der Waals surface area contributed by atoms with E-state index in [1.54, 1.807) is 0 Å². The molecule has 1 unspecified atom stereocenters. The van der Waals surface area contributed by atoms with Gasteiger partial charge in [-0.3, -0.25) is 0 Å². The van der Waals surface area contributed by atoms with Crippen LogP contribution in [0.5, 0.6) is 5.75 Å². The van der Waals surface area contributed by atoms with E-state index in [9.17, 15) is 0 Å². The van der Waals surface area contributed by atoms with Crippen LogP contribution in [0.4, 0.5) is 0 Å². The number of hydrogen-bond acceptors (Lipinski definition) is 3. The molecule has 1 aliphatic heterocycles. The van der Waals surface area contributed by atoms with Gasteiger partial charge in [0.05, 0.1) is 6.61 Å². The highest BCUT2D eigenvalue weighted by Crippen LogP contribution is 2.32. The van der Waals surface area contributed by atoms with Crippen LogP contribution in [-0.2, 0) is 6.54 Å². The van der Waals surface area contributed by atoms with Crippen molar-refractivity contribution in [1.82, 2.24) is 5.32 Å². The molecule has 21 heavy (non-hydrogen) atoms. The average molecular weight is 295 g/mol. The zero-order valence-corrected chi connectivity index (χ0v) is 12.5. The molecule has 1 N–H and O–H groups in total. The van der Waals surface area contributed by atoms with Crippen LogP contribution in [-0.4, -0.2) is 6.61 Å². The summed E-state index contributed by atoms with van der Waals surface area (Å²) in [4.78, 5) is 0. The molecule has 0 aliphatic carbocycles. The number of hydrogen-bond donors (Lipinski definition) is 1. The second-order valence-electron chi connectivity index (χ2n) is 5.37. The van der Waals surface area contributed by atoms with Crippen molar-refractivity contribution in [3.63, 3.8) is 0 Å². The van der Waals surface area contributed by atoms with Crippen LogP contribution in [0.25, 0.3) is 10.1 Å². The molecule has 2 heterocycles. The van der Waals surface area contributed by atoms with Gasteiger partial charge in [0, 0.05) is 29.3 Å². The molecule has 106 valence electrons. The maximum atomic E-state index is 5.72. The number of rotatable bonds is 3. The lowest BCUT2D eigenvalue weighted by Gasteiger charge is -2.26. The normalized spacial score (nSPS) is 17.4. The van der Waals surface area contributed by atoms with Crippen LogP contribution in [0.15, 0.2) is 53.9 Å². The van der Waals surface area contributed by atoms with Gasteiger partial charge in [-0.25, -0.2) is 0 Å². The van der Waals surface area contributed by atoms with Gasteiger partial charge in [-0.05, 0) is 28.5 Å². The molecule has 3 heteroatoms. The van der Waals surface area contributed by atoms with Gasteiger partial charge in [-0.2, -0.15) is 0 Å². The second-order valence-corrected chi connectivity index (χ2v) is 6.28. The Balaban J connectivity index is 1.55. The van der Waals surface area contributed by atoms with Crippen LogP contribution < -0.4 is 10.1 Å². The maximum absolute atomic E-state index is 5.72. The van der Waals surface area contributed by atoms with Gasteiger partial charge in [-0.1, -0.05) is 36.4 Å². The summed E-state index contributed by atoms with van der Waals surface area (Å²) in [6.45, 7) is 1.70. The molecule has 2 aromatic carbocycles. The van der Waals surface area contributed by atoms with E-state index in [0.29, 0.717) is 6.04 Å². The zero-order chi connectivity index (χ0) is 14.1. The van der Waals surface area contributed by atoms with E-state index >= 15 is 0 Å². The first-order valence-electron chi connectivity index (χ1n) is 7.32. The summed E-state index contributed by atoms with van der Waals surface area (Å²) in [5.41, 5.74) is 2.67. The van der Waals surface area contributed by atoms with Gasteiger partial charge in [-0.15, -0.1) is 11.3 Å². The number of nitrogens with one attached hydrogen (secondary N) is 1. The van der Waals surface area contributed by atoms with Crippen LogP contribution in [0, 0.1) is 0 Å². The number of ether oxygens (including phenoxy) is 1. The quantitative estimate of drug-likeness (QED) is 0.767. The van der Waals surface area contributed by atoms with Crippen LogP contribution in [0.2, 0.25) is 0 Å². The smallest absolute Gasteiger partial charge is 0.124 e. The summed E-state index contributed by atoms with van der Waals surface area (Å²) in [5.74, 6) is 1.02. The first-order chi connectivity index (χ1) is 10.4. The molecular weight excluding hydrogens is 278 g/mol. The topological polar surface area (TPSA) is 21.3 Å². The van der Waals surface area contributed by atoms with Crippen molar-refractivity contribution in [2.24, 2.45) is 0 Å². The minimum Gasteiger partial charge on any atom is -0.493 e. The fourth-order valence-corrected chi connectivity index (χ4v) is 3.92. The van der Waals surface area contributed by atoms with Crippen molar-refractivity contribution in [3.8, 4) is 5.75 Å². The third-order valence-electron chi connectivity index (χ3n) is 4.06. The Hall–Kier alpha value is -1.84. The van der Waals surface area contributed by atoms with Gasteiger partial charge in [0.2, 0.25) is 0 Å². The minimum absolute atomic E-state index is 0.383. The molecule has 1 aromatic heterocycles. The van der Waals surface area contributed by atoms with Crippen molar-refractivity contribution in [1.29, 1.82) is 0 Å². The molecule has 0 amide bonds. The molecule has 1 atom stereocenters. The molecule has 4 rings (SSSR count). The molecule has 0 saturated heterocycles. The fourth-order valence-electron chi connectivity index (χ4n) is 2.96. The highest BCUT2D eigenvalue weighted by atomic mass is 32.1. The third kappa shape index (κ3) is 2.43. The summed E-state index contributed by atoms with van der Waals surface area (Å²) in [7, 11) is 0. The Kier molecular flexibility index (Phi) is 3.37. The maximum Gasteiger partial charge on any atom is 0.124 e. The Morgan fingerprint density at radius 3 is 2.95 bits per heavy atom. The Morgan fingerprint density at radius 1 is 1.10 bits per heavy atom. The number of fused-ring (bicyclic) bond motifs is 2. The van der Waals surface area contributed by atoms with E-state index in [4.69, 9.17) is 4.74 Å². The fraction of sp³-hybridized carbons (Fsp3) is 0.222. The first kappa shape index (κ1) is 12.9. The number of para-hydroxylation sites is 1. The average Bonchev–Trinajstić information content (AvgIpc) is 2.96. The SMILES string of the molecule is c1ccc2c(c1)OCCC2NCc1csc2ccccc12. The zero-order valence-electron chi connectivity index (χ0n) is 11.7. The summed E-state index contributed by atoms with van der Waals surface area (Å²) in [5, 5.41) is 7.34. The summed E-state index contributed by atoms with van der Waals surface area (Å²) in [6.07, 6.45) is 1.03. The van der Waals surface area contributed by atoms with Gasteiger partial charge in [0.1, 0.15) is 5.75 Å². The van der Waals surface area contributed by atoms with E-state index in [1.165, 1.54) is 21.2 Å². The Labute approximate surface area is 128 Å². The van der Waals surface area contributed by atoms with Crippen LogP contribution in [0.3, 0.4) is 0 Å². The van der Waals surface area contributed by atoms with Gasteiger partial charge >= 0.3 is 0 Å².